The average Bonchev–Trinajstić information content (AvgIpc) is 2.65. The van der Waals surface area contributed by atoms with Gasteiger partial charge in [-0.3, -0.25) is 4.79 Å². The molecule has 0 aliphatic heterocycles. The minimum atomic E-state index is -0.144. The normalized spacial score (nSPS) is 11.0. The van der Waals surface area contributed by atoms with Gasteiger partial charge in [-0.25, -0.2) is 0 Å². The number of ether oxygens (including phenoxy) is 2. The second-order valence-corrected chi connectivity index (χ2v) is 7.29. The molecule has 0 aromatic heterocycles. The lowest BCUT2D eigenvalue weighted by molar-refractivity contribution is 0.0958. The number of hydrogen-bond acceptors (Lipinski definition) is 3. The fourth-order valence-electron chi connectivity index (χ4n) is 2.76. The van der Waals surface area contributed by atoms with Crippen molar-refractivity contribution in [2.45, 2.75) is 39.7 Å². The van der Waals surface area contributed by atoms with Crippen molar-refractivity contribution in [3.05, 3.63) is 71.8 Å². The van der Waals surface area contributed by atoms with Crippen molar-refractivity contribution in [1.29, 1.82) is 0 Å². The Kier molecular flexibility index (Phi) is 7.05. The van der Waals surface area contributed by atoms with E-state index in [-0.39, 0.29) is 11.3 Å². The summed E-state index contributed by atoms with van der Waals surface area (Å²) in [6.07, 6.45) is 1.65. The van der Waals surface area contributed by atoms with Crippen molar-refractivity contribution >= 4 is 5.91 Å². The molecule has 27 heavy (non-hydrogen) atoms. The number of para-hydroxylation sites is 1. The molecule has 0 spiro atoms. The predicted octanol–water partition coefficient (Wildman–Crippen LogP) is 4.88. The van der Waals surface area contributed by atoms with Gasteiger partial charge < -0.3 is 14.8 Å². The van der Waals surface area contributed by atoms with Crippen LogP contribution in [0.3, 0.4) is 0 Å². The zero-order valence-corrected chi connectivity index (χ0v) is 16.7. The second-order valence-electron chi connectivity index (χ2n) is 7.29. The van der Waals surface area contributed by atoms with Gasteiger partial charge in [0.15, 0.2) is 0 Å². The molecule has 0 unspecified atom stereocenters. The molecule has 0 saturated carbocycles. The average molecular weight is 367 g/mol. The summed E-state index contributed by atoms with van der Waals surface area (Å²) in [6, 6.07) is 13.4. The van der Waals surface area contributed by atoms with Crippen molar-refractivity contribution in [3.63, 3.8) is 0 Å². The number of amides is 1. The molecule has 0 radical (unpaired) electrons. The number of hydrogen-bond donors (Lipinski definition) is 1. The molecule has 4 heteroatoms. The highest BCUT2D eigenvalue weighted by atomic mass is 16.5. The maximum atomic E-state index is 12.2. The summed E-state index contributed by atoms with van der Waals surface area (Å²) in [5, 5.41) is 2.79. The standard InChI is InChI=1S/C23H29NO3/c1-6-14-24-22(25)17-12-13-20(26-7-2)18(15-17)16-27-21-11-9-8-10-19(21)23(3,4)5/h6,8-13,15H,1,7,14,16H2,2-5H3,(H,24,25). The van der Waals surface area contributed by atoms with Gasteiger partial charge >= 0.3 is 0 Å². The van der Waals surface area contributed by atoms with E-state index < -0.39 is 0 Å². The topological polar surface area (TPSA) is 47.6 Å². The molecule has 2 aromatic rings. The number of carbonyl (C=O) groups excluding carboxylic acids is 1. The van der Waals surface area contributed by atoms with E-state index in [9.17, 15) is 4.79 Å². The molecule has 0 atom stereocenters. The van der Waals surface area contributed by atoms with Crippen LogP contribution in [0.15, 0.2) is 55.1 Å². The lowest BCUT2D eigenvalue weighted by Crippen LogP contribution is -2.23. The Bertz CT molecular complexity index is 790. The van der Waals surface area contributed by atoms with Crippen LogP contribution in [-0.4, -0.2) is 19.1 Å². The lowest BCUT2D eigenvalue weighted by Gasteiger charge is -2.23. The summed E-state index contributed by atoms with van der Waals surface area (Å²) in [5.41, 5.74) is 2.53. The van der Waals surface area contributed by atoms with Crippen LogP contribution in [0.1, 0.15) is 49.2 Å². The van der Waals surface area contributed by atoms with E-state index >= 15 is 0 Å². The van der Waals surface area contributed by atoms with Gasteiger partial charge in [0.05, 0.1) is 6.61 Å². The van der Waals surface area contributed by atoms with E-state index in [1.54, 1.807) is 12.1 Å². The Morgan fingerprint density at radius 1 is 1.11 bits per heavy atom. The van der Waals surface area contributed by atoms with Gasteiger partial charge in [0.1, 0.15) is 18.1 Å². The third-order valence-corrected chi connectivity index (χ3v) is 4.11. The SMILES string of the molecule is C=CCNC(=O)c1ccc(OCC)c(COc2ccccc2C(C)(C)C)c1. The highest BCUT2D eigenvalue weighted by Gasteiger charge is 2.19. The molecule has 0 bridgehead atoms. The van der Waals surface area contributed by atoms with Gasteiger partial charge in [-0.1, -0.05) is 45.0 Å². The third kappa shape index (κ3) is 5.61. The minimum Gasteiger partial charge on any atom is -0.493 e. The Morgan fingerprint density at radius 3 is 2.52 bits per heavy atom. The van der Waals surface area contributed by atoms with Crippen molar-refractivity contribution in [2.24, 2.45) is 0 Å². The molecule has 0 fully saturated rings. The van der Waals surface area contributed by atoms with Crippen molar-refractivity contribution in [2.75, 3.05) is 13.2 Å². The van der Waals surface area contributed by atoms with E-state index in [1.807, 2.05) is 37.3 Å². The number of benzene rings is 2. The quantitative estimate of drug-likeness (QED) is 0.677. The van der Waals surface area contributed by atoms with Gasteiger partial charge in [0.25, 0.3) is 5.91 Å². The minimum absolute atomic E-state index is 0.0221. The first-order chi connectivity index (χ1) is 12.9. The van der Waals surface area contributed by atoms with E-state index in [0.29, 0.717) is 25.3 Å². The molecule has 2 aromatic carbocycles. The van der Waals surface area contributed by atoms with Crippen molar-refractivity contribution in [3.8, 4) is 11.5 Å². The smallest absolute Gasteiger partial charge is 0.251 e. The van der Waals surface area contributed by atoms with Crippen LogP contribution < -0.4 is 14.8 Å². The van der Waals surface area contributed by atoms with Crippen LogP contribution in [0.2, 0.25) is 0 Å². The maximum absolute atomic E-state index is 12.2. The molecule has 0 saturated heterocycles. The number of rotatable bonds is 8. The van der Waals surface area contributed by atoms with Crippen LogP contribution in [0.25, 0.3) is 0 Å². The second kappa shape index (κ2) is 9.26. The van der Waals surface area contributed by atoms with Gasteiger partial charge in [-0.2, -0.15) is 0 Å². The third-order valence-electron chi connectivity index (χ3n) is 4.11. The molecule has 0 heterocycles. The Balaban J connectivity index is 2.26. The van der Waals surface area contributed by atoms with Gasteiger partial charge in [-0.05, 0) is 42.2 Å². The summed E-state index contributed by atoms with van der Waals surface area (Å²) in [6.45, 7) is 13.3. The number of carbonyl (C=O) groups is 1. The highest BCUT2D eigenvalue weighted by Crippen LogP contribution is 2.32. The zero-order valence-electron chi connectivity index (χ0n) is 16.7. The van der Waals surface area contributed by atoms with Crippen LogP contribution in [0.5, 0.6) is 11.5 Å². The number of nitrogens with one attached hydrogen (secondary N) is 1. The molecule has 1 amide bonds. The van der Waals surface area contributed by atoms with E-state index in [0.717, 1.165) is 22.6 Å². The van der Waals surface area contributed by atoms with E-state index in [4.69, 9.17) is 9.47 Å². The molecule has 0 aliphatic rings. The zero-order chi connectivity index (χ0) is 19.9. The summed E-state index contributed by atoms with van der Waals surface area (Å²) in [5.74, 6) is 1.43. The van der Waals surface area contributed by atoms with Gasteiger partial charge in [0, 0.05) is 17.7 Å². The van der Waals surface area contributed by atoms with Crippen molar-refractivity contribution in [1.82, 2.24) is 5.32 Å². The largest absolute Gasteiger partial charge is 0.493 e. The molecule has 2 rings (SSSR count). The monoisotopic (exact) mass is 367 g/mol. The Hall–Kier alpha value is -2.75. The first kappa shape index (κ1) is 20.6. The molecule has 0 aliphatic carbocycles. The van der Waals surface area contributed by atoms with Crippen LogP contribution in [0.4, 0.5) is 0 Å². The molecule has 4 nitrogen and oxygen atoms in total. The first-order valence-electron chi connectivity index (χ1n) is 9.24. The van der Waals surface area contributed by atoms with Crippen molar-refractivity contribution < 1.29 is 14.3 Å². The highest BCUT2D eigenvalue weighted by molar-refractivity contribution is 5.94. The Labute approximate surface area is 162 Å². The van der Waals surface area contributed by atoms with E-state index in [2.05, 4.69) is 38.7 Å². The van der Waals surface area contributed by atoms with Gasteiger partial charge in [0.2, 0.25) is 0 Å². The van der Waals surface area contributed by atoms with Crippen LogP contribution in [-0.2, 0) is 12.0 Å². The molecule has 1 N–H and O–H groups in total. The lowest BCUT2D eigenvalue weighted by atomic mass is 9.86. The van der Waals surface area contributed by atoms with Crippen LogP contribution in [0, 0.1) is 0 Å². The summed E-state index contributed by atoms with van der Waals surface area (Å²) >= 11 is 0. The maximum Gasteiger partial charge on any atom is 0.251 e. The summed E-state index contributed by atoms with van der Waals surface area (Å²) < 4.78 is 11.8. The predicted molar refractivity (Wildman–Crippen MR) is 110 cm³/mol. The Morgan fingerprint density at radius 2 is 1.85 bits per heavy atom. The summed E-state index contributed by atoms with van der Waals surface area (Å²) in [7, 11) is 0. The van der Waals surface area contributed by atoms with Crippen LogP contribution >= 0.6 is 0 Å². The first-order valence-corrected chi connectivity index (χ1v) is 9.24. The molecular formula is C23H29NO3. The molecule has 144 valence electrons. The molecular weight excluding hydrogens is 338 g/mol. The van der Waals surface area contributed by atoms with Gasteiger partial charge in [-0.15, -0.1) is 6.58 Å². The fraction of sp³-hybridized carbons (Fsp3) is 0.348. The summed E-state index contributed by atoms with van der Waals surface area (Å²) in [4.78, 5) is 12.2. The fourth-order valence-corrected chi connectivity index (χ4v) is 2.76. The van der Waals surface area contributed by atoms with E-state index in [1.165, 1.54) is 0 Å².